The maximum Gasteiger partial charge on any atom is 0.262 e. The van der Waals surface area contributed by atoms with Gasteiger partial charge in [-0.1, -0.05) is 36.9 Å². The van der Waals surface area contributed by atoms with Crippen molar-refractivity contribution in [3.63, 3.8) is 0 Å². The van der Waals surface area contributed by atoms with Crippen molar-refractivity contribution in [3.05, 3.63) is 101 Å². The Bertz CT molecular complexity index is 1430. The molecule has 0 fully saturated rings. The Labute approximate surface area is 213 Å². The van der Waals surface area contributed by atoms with Gasteiger partial charge in [0.05, 0.1) is 12.7 Å². The van der Waals surface area contributed by atoms with Gasteiger partial charge >= 0.3 is 0 Å². The summed E-state index contributed by atoms with van der Waals surface area (Å²) < 4.78 is 13.2. The first-order valence-corrected chi connectivity index (χ1v) is 11.7. The number of methoxy groups -OCH3 is 1. The molecule has 0 atom stereocenters. The molecule has 2 heterocycles. The molecule has 0 unspecified atom stereocenters. The van der Waals surface area contributed by atoms with Crippen LogP contribution in [0.5, 0.6) is 11.6 Å². The predicted molar refractivity (Wildman–Crippen MR) is 147 cm³/mol. The van der Waals surface area contributed by atoms with Crippen LogP contribution < -0.4 is 15.0 Å². The third kappa shape index (κ3) is 5.89. The molecule has 0 bridgehead atoms. The average molecular weight is 484 g/mol. The fourth-order valence-corrected chi connectivity index (χ4v) is 3.70. The van der Waals surface area contributed by atoms with Gasteiger partial charge in [-0.3, -0.25) is 9.36 Å². The van der Waals surface area contributed by atoms with Gasteiger partial charge in [0.2, 0.25) is 5.88 Å². The number of pyridine rings is 1. The number of rotatable bonds is 9. The summed E-state index contributed by atoms with van der Waals surface area (Å²) in [5, 5.41) is 0. The van der Waals surface area contributed by atoms with Crippen LogP contribution in [0, 0.1) is 13.8 Å². The molecule has 3 aromatic rings. The number of allylic oxidation sites excluding steroid dienone is 4. The van der Waals surface area contributed by atoms with Crippen molar-refractivity contribution >= 4 is 5.70 Å². The number of benzene rings is 1. The van der Waals surface area contributed by atoms with Crippen molar-refractivity contribution in [1.82, 2.24) is 14.5 Å². The van der Waals surface area contributed by atoms with Gasteiger partial charge in [-0.05, 0) is 75.6 Å². The minimum Gasteiger partial charge on any atom is -0.489 e. The minimum atomic E-state index is -0.153. The Hall–Kier alpha value is -4.19. The highest BCUT2D eigenvalue weighted by molar-refractivity contribution is 5.76. The molecule has 0 aliphatic carbocycles. The van der Waals surface area contributed by atoms with E-state index in [1.807, 2.05) is 70.2 Å². The summed E-state index contributed by atoms with van der Waals surface area (Å²) >= 11 is 0. The van der Waals surface area contributed by atoms with Gasteiger partial charge < -0.3 is 9.47 Å². The van der Waals surface area contributed by atoms with E-state index in [0.29, 0.717) is 35.2 Å². The van der Waals surface area contributed by atoms with Crippen molar-refractivity contribution in [2.24, 2.45) is 0 Å². The van der Waals surface area contributed by atoms with Gasteiger partial charge in [-0.25, -0.2) is 4.98 Å². The molecule has 0 saturated heterocycles. The van der Waals surface area contributed by atoms with Crippen molar-refractivity contribution in [1.29, 1.82) is 0 Å². The second kappa shape index (κ2) is 11.5. The number of hydrogen-bond donors (Lipinski definition) is 0. The van der Waals surface area contributed by atoms with Crippen LogP contribution in [0.1, 0.15) is 32.2 Å². The first-order valence-electron chi connectivity index (χ1n) is 11.7. The molecule has 3 rings (SSSR count). The third-order valence-corrected chi connectivity index (χ3v) is 5.69. The summed E-state index contributed by atoms with van der Waals surface area (Å²) in [6.45, 7) is 17.7. The number of aromatic nitrogens is 3. The quantitative estimate of drug-likeness (QED) is 0.323. The van der Waals surface area contributed by atoms with E-state index in [-0.39, 0.29) is 5.56 Å². The van der Waals surface area contributed by atoms with Gasteiger partial charge in [-0.15, -0.1) is 0 Å². The van der Waals surface area contributed by atoms with E-state index in [4.69, 9.17) is 9.47 Å². The van der Waals surface area contributed by atoms with Crippen LogP contribution in [0.25, 0.3) is 28.0 Å². The Kier molecular flexibility index (Phi) is 8.43. The molecule has 2 aromatic heterocycles. The average Bonchev–Trinajstić information content (AvgIpc) is 2.85. The van der Waals surface area contributed by atoms with Crippen molar-refractivity contribution < 1.29 is 9.47 Å². The monoisotopic (exact) mass is 483 g/mol. The second-order valence-electron chi connectivity index (χ2n) is 8.58. The van der Waals surface area contributed by atoms with Gasteiger partial charge in [0.15, 0.2) is 0 Å². The molecule has 0 spiro atoms. The standard InChI is InChI=1S/C30H33N3O3/c1-9-11-25(10-2)33-17-24(28-16-31-22(7)32-29(28)35-8)15-27(30(33)34)23-12-20(5)13-26(14-23)36-18-21(6)19(3)4/h9-17H,3,6,18H2,1-2,4-5,7-8H3/b11-9-,25-10+. The van der Waals surface area contributed by atoms with E-state index in [1.165, 1.54) is 0 Å². The molecule has 36 heavy (non-hydrogen) atoms. The summed E-state index contributed by atoms with van der Waals surface area (Å²) in [6, 6.07) is 7.63. The van der Waals surface area contributed by atoms with E-state index in [0.717, 1.165) is 33.5 Å². The molecule has 1 aromatic carbocycles. The van der Waals surface area contributed by atoms with Crippen LogP contribution in [-0.4, -0.2) is 28.3 Å². The zero-order valence-electron chi connectivity index (χ0n) is 21.9. The molecule has 0 saturated carbocycles. The lowest BCUT2D eigenvalue weighted by Gasteiger charge is -2.16. The highest BCUT2D eigenvalue weighted by Crippen LogP contribution is 2.32. The summed E-state index contributed by atoms with van der Waals surface area (Å²) in [5.74, 6) is 1.70. The molecular weight excluding hydrogens is 450 g/mol. The Morgan fingerprint density at radius 1 is 1.08 bits per heavy atom. The van der Waals surface area contributed by atoms with Crippen LogP contribution in [0.15, 0.2) is 84.0 Å². The first kappa shape index (κ1) is 26.4. The van der Waals surface area contributed by atoms with Crippen molar-refractivity contribution in [2.45, 2.75) is 34.6 Å². The van der Waals surface area contributed by atoms with Crippen LogP contribution in [0.4, 0.5) is 0 Å². The van der Waals surface area contributed by atoms with Gasteiger partial charge in [-0.2, -0.15) is 4.98 Å². The maximum atomic E-state index is 13.8. The van der Waals surface area contributed by atoms with E-state index >= 15 is 0 Å². The van der Waals surface area contributed by atoms with Gasteiger partial charge in [0.25, 0.3) is 5.56 Å². The normalized spacial score (nSPS) is 11.6. The minimum absolute atomic E-state index is 0.153. The highest BCUT2D eigenvalue weighted by Gasteiger charge is 2.17. The van der Waals surface area contributed by atoms with Crippen LogP contribution in [0.3, 0.4) is 0 Å². The van der Waals surface area contributed by atoms with Gasteiger partial charge in [0.1, 0.15) is 18.2 Å². The molecule has 186 valence electrons. The Balaban J connectivity index is 2.26. The zero-order chi connectivity index (χ0) is 26.4. The lowest BCUT2D eigenvalue weighted by Crippen LogP contribution is -2.20. The summed E-state index contributed by atoms with van der Waals surface area (Å²) in [5.41, 5.74) is 5.96. The van der Waals surface area contributed by atoms with E-state index in [9.17, 15) is 4.79 Å². The number of hydrogen-bond acceptors (Lipinski definition) is 5. The van der Waals surface area contributed by atoms with Crippen molar-refractivity contribution in [3.8, 4) is 33.9 Å². The Morgan fingerprint density at radius 2 is 1.83 bits per heavy atom. The maximum absolute atomic E-state index is 13.8. The molecule has 6 heteroatoms. The zero-order valence-corrected chi connectivity index (χ0v) is 21.9. The second-order valence-corrected chi connectivity index (χ2v) is 8.58. The molecular formula is C30H33N3O3. The lowest BCUT2D eigenvalue weighted by atomic mass is 10.0. The number of nitrogens with zero attached hydrogens (tertiary/aromatic N) is 3. The molecule has 0 amide bonds. The Morgan fingerprint density at radius 3 is 2.47 bits per heavy atom. The lowest BCUT2D eigenvalue weighted by molar-refractivity contribution is 0.354. The predicted octanol–water partition coefficient (Wildman–Crippen LogP) is 6.55. The summed E-state index contributed by atoms with van der Waals surface area (Å²) in [4.78, 5) is 22.6. The fraction of sp³-hybridized carbons (Fsp3) is 0.233. The molecule has 0 radical (unpaired) electrons. The molecule has 0 aliphatic heterocycles. The van der Waals surface area contributed by atoms with Crippen LogP contribution in [-0.2, 0) is 0 Å². The molecule has 0 aliphatic rings. The third-order valence-electron chi connectivity index (χ3n) is 5.69. The van der Waals surface area contributed by atoms with Crippen LogP contribution >= 0.6 is 0 Å². The summed E-state index contributed by atoms with van der Waals surface area (Å²) in [6.07, 6.45) is 9.20. The van der Waals surface area contributed by atoms with E-state index in [1.54, 1.807) is 31.0 Å². The van der Waals surface area contributed by atoms with Crippen molar-refractivity contribution in [2.75, 3.05) is 13.7 Å². The van der Waals surface area contributed by atoms with Crippen LogP contribution in [0.2, 0.25) is 0 Å². The molecule has 0 N–H and O–H groups in total. The highest BCUT2D eigenvalue weighted by atomic mass is 16.5. The fourth-order valence-electron chi connectivity index (χ4n) is 3.70. The molecule has 6 nitrogen and oxygen atoms in total. The van der Waals surface area contributed by atoms with Gasteiger partial charge in [0, 0.05) is 29.2 Å². The first-order chi connectivity index (χ1) is 17.2. The topological polar surface area (TPSA) is 66.2 Å². The number of ether oxygens (including phenoxy) is 2. The SMILES string of the molecule is C=C(C)C(=C)COc1cc(C)cc(-c2cc(-c3cnc(C)nc3OC)cn(C(/C=C\C)=C/C)c2=O)c1. The summed E-state index contributed by atoms with van der Waals surface area (Å²) in [7, 11) is 1.57. The van der Waals surface area contributed by atoms with E-state index < -0.39 is 0 Å². The van der Waals surface area contributed by atoms with E-state index in [2.05, 4.69) is 23.1 Å². The number of aryl methyl sites for hydroxylation is 2. The smallest absolute Gasteiger partial charge is 0.262 e. The largest absolute Gasteiger partial charge is 0.489 e.